The van der Waals surface area contributed by atoms with Crippen molar-refractivity contribution < 1.29 is 5.11 Å². The molecule has 2 aromatic heterocycles. The Kier molecular flexibility index (Phi) is 3.12. The molecule has 0 aliphatic rings. The average Bonchev–Trinajstić information content (AvgIpc) is 2.78. The zero-order valence-corrected chi connectivity index (χ0v) is 11.2. The van der Waals surface area contributed by atoms with Crippen molar-refractivity contribution in [3.8, 4) is 0 Å². The number of hydrogen-bond acceptors (Lipinski definition) is 4. The first-order chi connectivity index (χ1) is 9.69. The van der Waals surface area contributed by atoms with Gasteiger partial charge in [0.25, 0.3) is 0 Å². The largest absolute Gasteiger partial charge is 0.399 e. The lowest BCUT2D eigenvalue weighted by molar-refractivity contribution is 0.267. The molecule has 102 valence electrons. The van der Waals surface area contributed by atoms with Crippen molar-refractivity contribution in [2.75, 3.05) is 5.73 Å². The molecule has 0 bridgehead atoms. The molecule has 0 unspecified atom stereocenters. The maximum absolute atomic E-state index is 9.51. The molecule has 3 rings (SSSR count). The van der Waals surface area contributed by atoms with Crippen LogP contribution in [0, 0.1) is 6.92 Å². The van der Waals surface area contributed by atoms with E-state index in [1.54, 1.807) is 6.20 Å². The number of aromatic nitrogens is 3. The van der Waals surface area contributed by atoms with E-state index in [0.29, 0.717) is 18.1 Å². The Morgan fingerprint density at radius 1 is 1.30 bits per heavy atom. The number of benzene rings is 1. The molecule has 3 N–H and O–H groups in total. The Bertz CT molecular complexity index is 764. The lowest BCUT2D eigenvalue weighted by atomic mass is 10.1. The number of imidazole rings is 1. The molecular formula is C15H16N4O. The van der Waals surface area contributed by atoms with Crippen LogP contribution in [0.5, 0.6) is 0 Å². The lowest BCUT2D eigenvalue weighted by Gasteiger charge is -2.10. The van der Waals surface area contributed by atoms with Crippen LogP contribution in [-0.4, -0.2) is 19.6 Å². The van der Waals surface area contributed by atoms with Gasteiger partial charge in [-0.1, -0.05) is 0 Å². The molecule has 5 heteroatoms. The molecule has 0 amide bonds. The van der Waals surface area contributed by atoms with E-state index < -0.39 is 0 Å². The van der Waals surface area contributed by atoms with Crippen molar-refractivity contribution in [1.29, 1.82) is 0 Å². The standard InChI is InChI=1S/C15H16N4O/c1-10-7-17-5-4-11(10)8-19-14-3-2-12(16)6-13(14)18-15(19)9-20/h2-7,20H,8-9,16H2,1H3. The highest BCUT2D eigenvalue weighted by molar-refractivity contribution is 5.79. The molecule has 0 aliphatic carbocycles. The average molecular weight is 268 g/mol. The summed E-state index contributed by atoms with van der Waals surface area (Å²) in [5.74, 6) is 0.641. The number of nitrogens with two attached hydrogens (primary N) is 1. The minimum Gasteiger partial charge on any atom is -0.399 e. The number of rotatable bonds is 3. The van der Waals surface area contributed by atoms with Crippen molar-refractivity contribution in [3.05, 3.63) is 53.6 Å². The fraction of sp³-hybridized carbons (Fsp3) is 0.200. The van der Waals surface area contributed by atoms with Gasteiger partial charge in [0, 0.05) is 24.6 Å². The molecule has 2 heterocycles. The number of aryl methyl sites for hydroxylation is 1. The van der Waals surface area contributed by atoms with Crippen LogP contribution in [0.25, 0.3) is 11.0 Å². The van der Waals surface area contributed by atoms with Gasteiger partial charge in [-0.2, -0.15) is 0 Å². The SMILES string of the molecule is Cc1cnccc1Cn1c(CO)nc2cc(N)ccc21. The van der Waals surface area contributed by atoms with Crippen molar-refractivity contribution >= 4 is 16.7 Å². The van der Waals surface area contributed by atoms with Gasteiger partial charge in [-0.15, -0.1) is 0 Å². The van der Waals surface area contributed by atoms with Gasteiger partial charge in [-0.25, -0.2) is 4.98 Å². The molecule has 0 spiro atoms. The molecule has 0 saturated heterocycles. The number of nitrogens with zero attached hydrogens (tertiary/aromatic N) is 3. The zero-order chi connectivity index (χ0) is 14.1. The second-order valence-electron chi connectivity index (χ2n) is 4.82. The molecule has 5 nitrogen and oxygen atoms in total. The molecule has 0 atom stereocenters. The van der Waals surface area contributed by atoms with E-state index in [1.807, 2.05) is 42.0 Å². The monoisotopic (exact) mass is 268 g/mol. The zero-order valence-electron chi connectivity index (χ0n) is 11.2. The summed E-state index contributed by atoms with van der Waals surface area (Å²) < 4.78 is 2.01. The molecule has 0 aliphatic heterocycles. The van der Waals surface area contributed by atoms with Crippen LogP contribution in [0.1, 0.15) is 17.0 Å². The van der Waals surface area contributed by atoms with Crippen LogP contribution in [0.4, 0.5) is 5.69 Å². The summed E-state index contributed by atoms with van der Waals surface area (Å²) >= 11 is 0. The van der Waals surface area contributed by atoms with Crippen LogP contribution >= 0.6 is 0 Å². The molecule has 20 heavy (non-hydrogen) atoms. The maximum Gasteiger partial charge on any atom is 0.136 e. The number of fused-ring (bicyclic) bond motifs is 1. The first kappa shape index (κ1) is 12.6. The summed E-state index contributed by atoms with van der Waals surface area (Å²) in [7, 11) is 0. The van der Waals surface area contributed by atoms with Gasteiger partial charge in [0.15, 0.2) is 0 Å². The first-order valence-corrected chi connectivity index (χ1v) is 6.44. The van der Waals surface area contributed by atoms with Crippen LogP contribution in [-0.2, 0) is 13.2 Å². The van der Waals surface area contributed by atoms with Crippen LogP contribution in [0.2, 0.25) is 0 Å². The third-order valence-corrected chi connectivity index (χ3v) is 3.46. The molecule has 0 fully saturated rings. The first-order valence-electron chi connectivity index (χ1n) is 6.44. The van der Waals surface area contributed by atoms with E-state index in [1.165, 1.54) is 0 Å². The lowest BCUT2D eigenvalue weighted by Crippen LogP contribution is -2.06. The van der Waals surface area contributed by atoms with Gasteiger partial charge in [-0.3, -0.25) is 4.98 Å². The summed E-state index contributed by atoms with van der Waals surface area (Å²) in [6.45, 7) is 2.58. The van der Waals surface area contributed by atoms with Crippen molar-refractivity contribution in [2.24, 2.45) is 0 Å². The highest BCUT2D eigenvalue weighted by Crippen LogP contribution is 2.21. The molecule has 1 aromatic carbocycles. The van der Waals surface area contributed by atoms with Crippen LogP contribution < -0.4 is 5.73 Å². The minimum absolute atomic E-state index is 0.0985. The van der Waals surface area contributed by atoms with E-state index in [9.17, 15) is 5.11 Å². The Labute approximate surface area is 116 Å². The summed E-state index contributed by atoms with van der Waals surface area (Å²) in [5.41, 5.74) is 10.5. The number of aliphatic hydroxyl groups excluding tert-OH is 1. The molecule has 0 radical (unpaired) electrons. The van der Waals surface area contributed by atoms with Gasteiger partial charge < -0.3 is 15.4 Å². The summed E-state index contributed by atoms with van der Waals surface area (Å²) in [5, 5.41) is 9.51. The third kappa shape index (κ3) is 2.12. The second kappa shape index (κ2) is 4.94. The van der Waals surface area contributed by atoms with E-state index in [-0.39, 0.29) is 6.61 Å². The quantitative estimate of drug-likeness (QED) is 0.711. The van der Waals surface area contributed by atoms with Gasteiger partial charge in [0.2, 0.25) is 0 Å². The van der Waals surface area contributed by atoms with Crippen molar-refractivity contribution in [2.45, 2.75) is 20.1 Å². The fourth-order valence-corrected chi connectivity index (χ4v) is 2.34. The van der Waals surface area contributed by atoms with Gasteiger partial charge in [0.1, 0.15) is 12.4 Å². The van der Waals surface area contributed by atoms with E-state index in [0.717, 1.165) is 22.2 Å². The van der Waals surface area contributed by atoms with E-state index >= 15 is 0 Å². The predicted molar refractivity (Wildman–Crippen MR) is 78.1 cm³/mol. The Morgan fingerprint density at radius 3 is 2.90 bits per heavy atom. The molecule has 3 aromatic rings. The third-order valence-electron chi connectivity index (χ3n) is 3.46. The highest BCUT2D eigenvalue weighted by Gasteiger charge is 2.11. The fourth-order valence-electron chi connectivity index (χ4n) is 2.34. The van der Waals surface area contributed by atoms with E-state index in [2.05, 4.69) is 9.97 Å². The van der Waals surface area contributed by atoms with Gasteiger partial charge in [0.05, 0.1) is 11.0 Å². The summed E-state index contributed by atoms with van der Waals surface area (Å²) in [4.78, 5) is 8.54. The molecule has 0 saturated carbocycles. The number of anilines is 1. The molecular weight excluding hydrogens is 252 g/mol. The van der Waals surface area contributed by atoms with Crippen LogP contribution in [0.15, 0.2) is 36.7 Å². The second-order valence-corrected chi connectivity index (χ2v) is 4.82. The smallest absolute Gasteiger partial charge is 0.136 e. The predicted octanol–water partition coefficient (Wildman–Crippen LogP) is 1.86. The Morgan fingerprint density at radius 2 is 2.15 bits per heavy atom. The van der Waals surface area contributed by atoms with Crippen LogP contribution in [0.3, 0.4) is 0 Å². The minimum atomic E-state index is -0.0985. The number of aliphatic hydroxyl groups is 1. The summed E-state index contributed by atoms with van der Waals surface area (Å²) in [6, 6.07) is 7.60. The normalized spacial score (nSPS) is 11.1. The Balaban J connectivity index is 2.12. The topological polar surface area (TPSA) is 77.0 Å². The van der Waals surface area contributed by atoms with Gasteiger partial charge in [-0.05, 0) is 42.3 Å². The van der Waals surface area contributed by atoms with E-state index in [4.69, 9.17) is 5.73 Å². The number of nitrogen functional groups attached to an aromatic ring is 1. The number of hydrogen-bond donors (Lipinski definition) is 2. The maximum atomic E-state index is 9.51. The highest BCUT2D eigenvalue weighted by atomic mass is 16.3. The number of pyridine rings is 1. The van der Waals surface area contributed by atoms with Crippen molar-refractivity contribution in [1.82, 2.24) is 14.5 Å². The van der Waals surface area contributed by atoms with Gasteiger partial charge >= 0.3 is 0 Å². The summed E-state index contributed by atoms with van der Waals surface area (Å²) in [6.07, 6.45) is 3.61. The Hall–Kier alpha value is -2.40. The van der Waals surface area contributed by atoms with Crippen molar-refractivity contribution in [3.63, 3.8) is 0 Å².